The van der Waals surface area contributed by atoms with Gasteiger partial charge >= 0.3 is 0 Å². The first-order valence-corrected chi connectivity index (χ1v) is 7.21. The highest BCUT2D eigenvalue weighted by molar-refractivity contribution is 8.18. The number of rotatable bonds is 2. The first kappa shape index (κ1) is 12.1. The number of amidine groups is 1. The Bertz CT molecular complexity index is 689. The summed E-state index contributed by atoms with van der Waals surface area (Å²) in [6, 6.07) is 9.92. The van der Waals surface area contributed by atoms with Gasteiger partial charge in [-0.15, -0.1) is 11.3 Å². The molecule has 3 rings (SSSR count). The Balaban J connectivity index is 1.87. The molecule has 6 heteroatoms. The molecule has 0 spiro atoms. The minimum Gasteiger partial charge on any atom is -0.378 e. The molecule has 0 fully saturated rings. The second kappa shape index (κ2) is 4.99. The molecule has 0 atom stereocenters. The predicted molar refractivity (Wildman–Crippen MR) is 79.7 cm³/mol. The Kier molecular flexibility index (Phi) is 3.18. The van der Waals surface area contributed by atoms with E-state index in [0.717, 1.165) is 16.3 Å². The maximum atomic E-state index is 11.5. The topological polar surface area (TPSA) is 68.3 Å². The highest BCUT2D eigenvalue weighted by Crippen LogP contribution is 2.29. The summed E-state index contributed by atoms with van der Waals surface area (Å²) in [6.07, 6.45) is 1.72. The van der Waals surface area contributed by atoms with Gasteiger partial charge in [-0.3, -0.25) is 4.79 Å². The van der Waals surface area contributed by atoms with Gasteiger partial charge in [0.1, 0.15) is 5.01 Å². The minimum absolute atomic E-state index is 0.287. The van der Waals surface area contributed by atoms with Crippen LogP contribution >= 0.6 is 23.1 Å². The fraction of sp³-hybridized carbons (Fsp3) is 0. The van der Waals surface area contributed by atoms with E-state index in [0.29, 0.717) is 4.91 Å². The number of hydrogen-bond acceptors (Lipinski definition) is 5. The van der Waals surface area contributed by atoms with Crippen LogP contribution in [0.4, 0.5) is 0 Å². The molecule has 0 unspecified atom stereocenters. The van der Waals surface area contributed by atoms with Crippen LogP contribution in [0.3, 0.4) is 0 Å². The van der Waals surface area contributed by atoms with Crippen LogP contribution in [0, 0.1) is 0 Å². The third kappa shape index (κ3) is 2.59. The molecule has 1 aliphatic rings. The smallest absolute Gasteiger partial charge is 0.286 e. The molecule has 19 heavy (non-hydrogen) atoms. The van der Waals surface area contributed by atoms with Crippen LogP contribution in [0.2, 0.25) is 0 Å². The Morgan fingerprint density at radius 3 is 2.68 bits per heavy atom. The number of aromatic nitrogens is 1. The molecule has 2 N–H and O–H groups in total. The van der Waals surface area contributed by atoms with E-state index in [2.05, 4.69) is 9.98 Å². The Hall–Kier alpha value is -1.92. The van der Waals surface area contributed by atoms with Crippen molar-refractivity contribution >= 4 is 40.2 Å². The molecular formula is C13H9N3OS2. The number of carbonyl (C=O) groups is 1. The van der Waals surface area contributed by atoms with Crippen molar-refractivity contribution < 1.29 is 4.79 Å². The number of amides is 1. The zero-order valence-electron chi connectivity index (χ0n) is 9.74. The molecule has 94 valence electrons. The predicted octanol–water partition coefficient (Wildman–Crippen LogP) is 2.74. The van der Waals surface area contributed by atoms with Crippen LogP contribution in [0.1, 0.15) is 5.69 Å². The van der Waals surface area contributed by atoms with Crippen LogP contribution in [-0.4, -0.2) is 16.1 Å². The Morgan fingerprint density at radius 1 is 1.21 bits per heavy atom. The first-order chi connectivity index (χ1) is 9.22. The molecule has 4 nitrogen and oxygen atoms in total. The van der Waals surface area contributed by atoms with Crippen molar-refractivity contribution in [3.05, 3.63) is 46.3 Å². The van der Waals surface area contributed by atoms with Gasteiger partial charge in [-0.2, -0.15) is 4.99 Å². The van der Waals surface area contributed by atoms with Crippen LogP contribution in [0.25, 0.3) is 16.6 Å². The van der Waals surface area contributed by atoms with Crippen LogP contribution < -0.4 is 5.73 Å². The molecule has 1 aliphatic heterocycles. The lowest BCUT2D eigenvalue weighted by Crippen LogP contribution is -2.01. The van der Waals surface area contributed by atoms with Crippen molar-refractivity contribution in [2.24, 2.45) is 10.7 Å². The zero-order chi connectivity index (χ0) is 13.2. The minimum atomic E-state index is -0.295. The fourth-order valence-corrected chi connectivity index (χ4v) is 3.08. The van der Waals surface area contributed by atoms with Gasteiger partial charge in [-0.05, 0) is 17.8 Å². The van der Waals surface area contributed by atoms with Crippen molar-refractivity contribution in [2.45, 2.75) is 0 Å². The number of nitrogens with two attached hydrogens (primary N) is 1. The lowest BCUT2D eigenvalue weighted by atomic mass is 10.2. The molecule has 0 radical (unpaired) electrons. The summed E-state index contributed by atoms with van der Waals surface area (Å²) in [4.78, 5) is 20.1. The number of thiazole rings is 1. The molecule has 1 aromatic carbocycles. The highest BCUT2D eigenvalue weighted by Gasteiger charge is 2.19. The van der Waals surface area contributed by atoms with Crippen molar-refractivity contribution in [3.63, 3.8) is 0 Å². The van der Waals surface area contributed by atoms with Crippen LogP contribution in [-0.2, 0) is 4.79 Å². The number of aliphatic imine (C=N–C) groups is 1. The van der Waals surface area contributed by atoms with Crippen molar-refractivity contribution in [1.82, 2.24) is 4.98 Å². The Labute approximate surface area is 118 Å². The quantitative estimate of drug-likeness (QED) is 0.862. The molecule has 1 aromatic heterocycles. The van der Waals surface area contributed by atoms with Gasteiger partial charge in [0.25, 0.3) is 5.91 Å². The average Bonchev–Trinajstić information content (AvgIpc) is 2.99. The molecule has 2 heterocycles. The summed E-state index contributed by atoms with van der Waals surface area (Å²) in [5.41, 5.74) is 7.32. The largest absolute Gasteiger partial charge is 0.378 e. The first-order valence-electron chi connectivity index (χ1n) is 5.51. The average molecular weight is 287 g/mol. The molecule has 0 bridgehead atoms. The summed E-state index contributed by atoms with van der Waals surface area (Å²) in [5.74, 6) is -0.295. The van der Waals surface area contributed by atoms with Gasteiger partial charge in [0.15, 0.2) is 5.17 Å². The summed E-state index contributed by atoms with van der Waals surface area (Å²) < 4.78 is 0. The second-order valence-corrected chi connectivity index (χ2v) is 5.73. The van der Waals surface area contributed by atoms with Gasteiger partial charge < -0.3 is 5.73 Å². The van der Waals surface area contributed by atoms with E-state index in [-0.39, 0.29) is 11.1 Å². The lowest BCUT2D eigenvalue weighted by molar-refractivity contribution is -0.113. The van der Waals surface area contributed by atoms with Crippen molar-refractivity contribution in [2.75, 3.05) is 0 Å². The van der Waals surface area contributed by atoms with Gasteiger partial charge in [0.2, 0.25) is 0 Å². The van der Waals surface area contributed by atoms with E-state index in [1.54, 1.807) is 17.4 Å². The van der Waals surface area contributed by atoms with E-state index in [4.69, 9.17) is 5.73 Å². The number of benzene rings is 1. The van der Waals surface area contributed by atoms with E-state index in [1.807, 2.05) is 35.7 Å². The molecule has 1 amide bonds. The molecule has 0 aliphatic carbocycles. The normalized spacial score (nSPS) is 16.9. The second-order valence-electron chi connectivity index (χ2n) is 3.81. The molecular weight excluding hydrogens is 278 g/mol. The number of nitrogens with zero attached hydrogens (tertiary/aromatic N) is 2. The highest BCUT2D eigenvalue weighted by atomic mass is 32.2. The molecule has 0 saturated heterocycles. The standard InChI is InChI=1S/C13H9N3OS2/c14-13-16-11(17)10(19-13)6-9-7-18-12(15-9)8-4-2-1-3-5-8/h1-7H,(H2,14,16,17)/b10-6+. The van der Waals surface area contributed by atoms with Gasteiger partial charge in [0, 0.05) is 10.9 Å². The fourth-order valence-electron chi connectivity index (χ4n) is 1.63. The van der Waals surface area contributed by atoms with Gasteiger partial charge in [0.05, 0.1) is 10.6 Å². The van der Waals surface area contributed by atoms with Gasteiger partial charge in [-0.25, -0.2) is 4.98 Å². The molecule has 0 saturated carbocycles. The summed E-state index contributed by atoms with van der Waals surface area (Å²) in [6.45, 7) is 0. The van der Waals surface area contributed by atoms with Crippen LogP contribution in [0.5, 0.6) is 0 Å². The van der Waals surface area contributed by atoms with Crippen molar-refractivity contribution in [1.29, 1.82) is 0 Å². The zero-order valence-corrected chi connectivity index (χ0v) is 11.4. The SMILES string of the molecule is NC1=NC(=O)/C(=C\c2csc(-c3ccccc3)n2)S1. The summed E-state index contributed by atoms with van der Waals surface area (Å²) >= 11 is 2.72. The maximum absolute atomic E-state index is 11.5. The summed E-state index contributed by atoms with van der Waals surface area (Å²) in [5, 5.41) is 3.13. The van der Waals surface area contributed by atoms with E-state index >= 15 is 0 Å². The number of carbonyl (C=O) groups excluding carboxylic acids is 1. The third-order valence-electron chi connectivity index (χ3n) is 2.46. The van der Waals surface area contributed by atoms with E-state index in [1.165, 1.54) is 11.8 Å². The maximum Gasteiger partial charge on any atom is 0.286 e. The number of thioether (sulfide) groups is 1. The molecule has 2 aromatic rings. The van der Waals surface area contributed by atoms with E-state index in [9.17, 15) is 4.79 Å². The van der Waals surface area contributed by atoms with Crippen LogP contribution in [0.15, 0.2) is 45.6 Å². The summed E-state index contributed by atoms with van der Waals surface area (Å²) in [7, 11) is 0. The third-order valence-corrected chi connectivity index (χ3v) is 4.18. The number of hydrogen-bond donors (Lipinski definition) is 1. The Morgan fingerprint density at radius 2 is 2.00 bits per heavy atom. The van der Waals surface area contributed by atoms with E-state index < -0.39 is 0 Å². The lowest BCUT2D eigenvalue weighted by Gasteiger charge is -1.93. The van der Waals surface area contributed by atoms with Crippen molar-refractivity contribution in [3.8, 4) is 10.6 Å². The van der Waals surface area contributed by atoms with Gasteiger partial charge in [-0.1, -0.05) is 30.3 Å². The monoisotopic (exact) mass is 287 g/mol.